The van der Waals surface area contributed by atoms with E-state index in [1.54, 1.807) is 0 Å². The average molecular weight is 296 g/mol. The van der Waals surface area contributed by atoms with Crippen molar-refractivity contribution in [3.63, 3.8) is 0 Å². The zero-order chi connectivity index (χ0) is 13.9. The number of nitrogens with zero attached hydrogens (tertiary/aromatic N) is 2. The minimum absolute atomic E-state index is 0.561. The molecule has 2 N–H and O–H groups in total. The summed E-state index contributed by atoms with van der Waals surface area (Å²) in [5.41, 5.74) is 8.23. The highest BCUT2D eigenvalue weighted by Gasteiger charge is 2.29. The molecule has 5 heteroatoms. The molecule has 0 spiro atoms. The highest BCUT2D eigenvalue weighted by molar-refractivity contribution is 6.30. The number of rotatable bonds is 3. The van der Waals surface area contributed by atoms with Crippen LogP contribution < -0.4 is 10.6 Å². The van der Waals surface area contributed by atoms with Crippen molar-refractivity contribution >= 4 is 17.3 Å². The molecule has 2 fully saturated rings. The van der Waals surface area contributed by atoms with Crippen LogP contribution in [0.4, 0.5) is 5.69 Å². The second-order valence-corrected chi connectivity index (χ2v) is 5.95. The van der Waals surface area contributed by atoms with Crippen LogP contribution in [0.15, 0.2) is 18.2 Å². The fourth-order valence-corrected chi connectivity index (χ4v) is 3.37. The van der Waals surface area contributed by atoms with E-state index in [9.17, 15) is 0 Å². The predicted molar refractivity (Wildman–Crippen MR) is 82.4 cm³/mol. The normalized spacial score (nSPS) is 24.3. The summed E-state index contributed by atoms with van der Waals surface area (Å²) in [6.07, 6.45) is 1.20. The van der Waals surface area contributed by atoms with E-state index in [0.717, 1.165) is 44.4 Å². The fraction of sp³-hybridized carbons (Fsp3) is 0.600. The lowest BCUT2D eigenvalue weighted by atomic mass is 10.1. The maximum Gasteiger partial charge on any atom is 0.0594 e. The summed E-state index contributed by atoms with van der Waals surface area (Å²) in [6.45, 7) is 6.53. The van der Waals surface area contributed by atoms with E-state index in [2.05, 4.69) is 9.80 Å². The van der Waals surface area contributed by atoms with Gasteiger partial charge in [0.2, 0.25) is 0 Å². The maximum absolute atomic E-state index is 6.14. The van der Waals surface area contributed by atoms with E-state index in [4.69, 9.17) is 22.1 Å². The van der Waals surface area contributed by atoms with Crippen molar-refractivity contribution in [2.24, 2.45) is 5.73 Å². The molecule has 0 amide bonds. The van der Waals surface area contributed by atoms with E-state index in [-0.39, 0.29) is 0 Å². The van der Waals surface area contributed by atoms with Gasteiger partial charge in [-0.3, -0.25) is 4.90 Å². The van der Waals surface area contributed by atoms with Crippen LogP contribution in [-0.4, -0.2) is 50.3 Å². The summed E-state index contributed by atoms with van der Waals surface area (Å²) in [5, 5.41) is 0.784. The summed E-state index contributed by atoms with van der Waals surface area (Å²) in [6, 6.07) is 6.64. The van der Waals surface area contributed by atoms with Crippen molar-refractivity contribution in [1.29, 1.82) is 0 Å². The fourth-order valence-electron chi connectivity index (χ4n) is 3.21. The highest BCUT2D eigenvalue weighted by Crippen LogP contribution is 2.29. The van der Waals surface area contributed by atoms with Gasteiger partial charge in [-0.05, 0) is 24.1 Å². The van der Waals surface area contributed by atoms with Crippen molar-refractivity contribution in [3.05, 3.63) is 28.8 Å². The van der Waals surface area contributed by atoms with Crippen LogP contribution in [-0.2, 0) is 11.3 Å². The summed E-state index contributed by atoms with van der Waals surface area (Å²) in [4.78, 5) is 4.98. The van der Waals surface area contributed by atoms with Gasteiger partial charge < -0.3 is 15.4 Å². The van der Waals surface area contributed by atoms with Gasteiger partial charge in [-0.15, -0.1) is 0 Å². The van der Waals surface area contributed by atoms with Crippen molar-refractivity contribution in [1.82, 2.24) is 4.90 Å². The Morgan fingerprint density at radius 2 is 2.05 bits per heavy atom. The SMILES string of the molecule is NCc1ccc(Cl)cc1N1CCC(N2CCOCC2)C1. The van der Waals surface area contributed by atoms with Gasteiger partial charge in [-0.25, -0.2) is 0 Å². The van der Waals surface area contributed by atoms with Crippen LogP contribution >= 0.6 is 11.6 Å². The van der Waals surface area contributed by atoms with Crippen LogP contribution in [0, 0.1) is 0 Å². The Morgan fingerprint density at radius 1 is 1.25 bits per heavy atom. The highest BCUT2D eigenvalue weighted by atomic mass is 35.5. The molecule has 0 saturated carbocycles. The van der Waals surface area contributed by atoms with E-state index < -0.39 is 0 Å². The minimum Gasteiger partial charge on any atom is -0.379 e. The smallest absolute Gasteiger partial charge is 0.0594 e. The topological polar surface area (TPSA) is 41.7 Å². The van der Waals surface area contributed by atoms with Crippen molar-refractivity contribution in [3.8, 4) is 0 Å². The molecule has 1 atom stereocenters. The third-order valence-corrected chi connectivity index (χ3v) is 4.57. The third kappa shape index (κ3) is 2.93. The lowest BCUT2D eigenvalue weighted by Crippen LogP contribution is -2.44. The number of hydrogen-bond donors (Lipinski definition) is 1. The largest absolute Gasteiger partial charge is 0.379 e. The Morgan fingerprint density at radius 3 is 2.80 bits per heavy atom. The van der Waals surface area contributed by atoms with Gasteiger partial charge in [-0.2, -0.15) is 0 Å². The molecule has 3 rings (SSSR count). The Hall–Kier alpha value is -0.810. The van der Waals surface area contributed by atoms with Gasteiger partial charge in [0.25, 0.3) is 0 Å². The standard InChI is InChI=1S/C15H22ClN3O/c16-13-2-1-12(10-17)15(9-13)19-4-3-14(11-19)18-5-7-20-8-6-18/h1-2,9,14H,3-8,10-11,17H2. The van der Waals surface area contributed by atoms with E-state index in [0.29, 0.717) is 12.6 Å². The molecule has 0 aromatic heterocycles. The lowest BCUT2D eigenvalue weighted by molar-refractivity contribution is 0.0209. The number of halogens is 1. The van der Waals surface area contributed by atoms with Gasteiger partial charge in [0.05, 0.1) is 13.2 Å². The van der Waals surface area contributed by atoms with Gasteiger partial charge in [0, 0.05) is 49.5 Å². The molecular weight excluding hydrogens is 274 g/mol. The lowest BCUT2D eigenvalue weighted by Gasteiger charge is -2.32. The number of morpholine rings is 1. The quantitative estimate of drug-likeness (QED) is 0.922. The molecule has 0 aliphatic carbocycles. The van der Waals surface area contributed by atoms with Crippen molar-refractivity contribution in [2.45, 2.75) is 19.0 Å². The Bertz CT molecular complexity index is 462. The molecule has 2 aliphatic rings. The van der Waals surface area contributed by atoms with Gasteiger partial charge in [-0.1, -0.05) is 17.7 Å². The van der Waals surface area contributed by atoms with Crippen LogP contribution in [0.25, 0.3) is 0 Å². The zero-order valence-electron chi connectivity index (χ0n) is 11.7. The monoisotopic (exact) mass is 295 g/mol. The molecule has 0 bridgehead atoms. The van der Waals surface area contributed by atoms with Crippen LogP contribution in [0.3, 0.4) is 0 Å². The average Bonchev–Trinajstić information content (AvgIpc) is 2.98. The molecule has 2 aliphatic heterocycles. The molecule has 0 radical (unpaired) electrons. The van der Waals surface area contributed by atoms with Crippen molar-refractivity contribution < 1.29 is 4.74 Å². The van der Waals surface area contributed by atoms with E-state index in [1.807, 2.05) is 18.2 Å². The second kappa shape index (κ2) is 6.31. The van der Waals surface area contributed by atoms with Gasteiger partial charge in [0.1, 0.15) is 0 Å². The molecule has 1 aromatic carbocycles. The van der Waals surface area contributed by atoms with E-state index in [1.165, 1.54) is 17.7 Å². The zero-order valence-corrected chi connectivity index (χ0v) is 12.5. The molecule has 4 nitrogen and oxygen atoms in total. The van der Waals surface area contributed by atoms with Crippen LogP contribution in [0.2, 0.25) is 5.02 Å². The molecular formula is C15H22ClN3O. The number of ether oxygens (including phenoxy) is 1. The first-order chi connectivity index (χ1) is 9.78. The number of nitrogens with two attached hydrogens (primary N) is 1. The van der Waals surface area contributed by atoms with E-state index >= 15 is 0 Å². The molecule has 1 aromatic rings. The molecule has 110 valence electrons. The summed E-state index contributed by atoms with van der Waals surface area (Å²) < 4.78 is 5.43. The first kappa shape index (κ1) is 14.1. The first-order valence-corrected chi connectivity index (χ1v) is 7.71. The molecule has 2 heterocycles. The molecule has 2 saturated heterocycles. The van der Waals surface area contributed by atoms with Crippen LogP contribution in [0.5, 0.6) is 0 Å². The molecule has 20 heavy (non-hydrogen) atoms. The van der Waals surface area contributed by atoms with Gasteiger partial charge in [0.15, 0.2) is 0 Å². The summed E-state index contributed by atoms with van der Waals surface area (Å²) in [7, 11) is 0. The van der Waals surface area contributed by atoms with Gasteiger partial charge >= 0.3 is 0 Å². The Kier molecular flexibility index (Phi) is 4.46. The Balaban J connectivity index is 1.71. The number of benzene rings is 1. The maximum atomic E-state index is 6.14. The van der Waals surface area contributed by atoms with Crippen molar-refractivity contribution in [2.75, 3.05) is 44.3 Å². The second-order valence-electron chi connectivity index (χ2n) is 5.51. The minimum atomic E-state index is 0.561. The number of hydrogen-bond acceptors (Lipinski definition) is 4. The number of anilines is 1. The summed E-state index contributed by atoms with van der Waals surface area (Å²) >= 11 is 6.14. The first-order valence-electron chi connectivity index (χ1n) is 7.33. The third-order valence-electron chi connectivity index (χ3n) is 4.33. The summed E-state index contributed by atoms with van der Waals surface area (Å²) in [5.74, 6) is 0. The van der Waals surface area contributed by atoms with Crippen LogP contribution in [0.1, 0.15) is 12.0 Å². The molecule has 1 unspecified atom stereocenters. The predicted octanol–water partition coefficient (Wildman–Crippen LogP) is 1.71. The Labute approximate surface area is 125 Å².